The van der Waals surface area contributed by atoms with Crippen LogP contribution in [0.4, 0.5) is 18.9 Å². The number of para-hydroxylation sites is 1. The zero-order chi connectivity index (χ0) is 24.8. The molecular formula is C29H20F3N3O. The number of fused-ring (bicyclic) bond motifs is 1. The highest BCUT2D eigenvalue weighted by molar-refractivity contribution is 6.06. The van der Waals surface area contributed by atoms with Crippen molar-refractivity contribution < 1.29 is 18.0 Å². The summed E-state index contributed by atoms with van der Waals surface area (Å²) in [7, 11) is 0. The van der Waals surface area contributed by atoms with Crippen LogP contribution in [0.15, 0.2) is 85.2 Å². The van der Waals surface area contributed by atoms with E-state index in [0.717, 1.165) is 35.6 Å². The van der Waals surface area contributed by atoms with Crippen molar-refractivity contribution in [3.8, 4) is 22.5 Å². The number of carbonyl (C=O) groups excluding carboxylic acids is 1. The van der Waals surface area contributed by atoms with Gasteiger partial charge in [-0.25, -0.2) is 18.2 Å². The van der Waals surface area contributed by atoms with E-state index in [0.29, 0.717) is 17.0 Å². The molecule has 2 aromatic heterocycles. The van der Waals surface area contributed by atoms with Crippen LogP contribution in [0.2, 0.25) is 0 Å². The Morgan fingerprint density at radius 2 is 1.67 bits per heavy atom. The van der Waals surface area contributed by atoms with Crippen LogP contribution in [0.25, 0.3) is 28.0 Å². The molecule has 1 aliphatic rings. The molecular weight excluding hydrogens is 463 g/mol. The van der Waals surface area contributed by atoms with Gasteiger partial charge in [0.1, 0.15) is 11.6 Å². The summed E-state index contributed by atoms with van der Waals surface area (Å²) in [6.45, 7) is 0. The topological polar surface area (TPSA) is 46.4 Å². The summed E-state index contributed by atoms with van der Waals surface area (Å²) in [4.78, 5) is 17.6. The van der Waals surface area contributed by atoms with Crippen molar-refractivity contribution in [2.75, 3.05) is 5.32 Å². The number of nitrogens with one attached hydrogen (secondary N) is 1. The van der Waals surface area contributed by atoms with Crippen molar-refractivity contribution in [1.82, 2.24) is 9.38 Å². The lowest BCUT2D eigenvalue weighted by Crippen LogP contribution is -2.15. The molecule has 0 spiro atoms. The molecule has 1 fully saturated rings. The quantitative estimate of drug-likeness (QED) is 0.287. The highest BCUT2D eigenvalue weighted by Crippen LogP contribution is 2.43. The minimum absolute atomic E-state index is 0.0567. The van der Waals surface area contributed by atoms with E-state index in [1.807, 2.05) is 18.2 Å². The van der Waals surface area contributed by atoms with Crippen LogP contribution in [0.5, 0.6) is 0 Å². The van der Waals surface area contributed by atoms with Crippen LogP contribution in [-0.4, -0.2) is 15.3 Å². The first kappa shape index (κ1) is 22.1. The second kappa shape index (κ2) is 8.68. The molecule has 0 radical (unpaired) electrons. The second-order valence-corrected chi connectivity index (χ2v) is 8.87. The van der Waals surface area contributed by atoms with Crippen molar-refractivity contribution in [3.05, 3.63) is 114 Å². The standard InChI is InChI=1S/C29H20F3N3O/c30-23-7-1-2-9-25(23)34-29(36)22-15-18(12-13-19(22)17-10-11-17)20-6-4-14-35-26(20)16-33-28(35)21-5-3-8-24(31)27(21)32/h1-9,12-17H,10-11H2,(H,34,36). The minimum atomic E-state index is -0.962. The summed E-state index contributed by atoms with van der Waals surface area (Å²) < 4.78 is 44.2. The van der Waals surface area contributed by atoms with Gasteiger partial charge in [-0.1, -0.05) is 36.4 Å². The lowest BCUT2D eigenvalue weighted by molar-refractivity contribution is 0.102. The van der Waals surface area contributed by atoms with Gasteiger partial charge in [0.15, 0.2) is 11.6 Å². The summed E-state index contributed by atoms with van der Waals surface area (Å²) in [5.41, 5.74) is 3.79. The number of rotatable bonds is 5. The Bertz CT molecular complexity index is 1640. The summed E-state index contributed by atoms with van der Waals surface area (Å²) in [5, 5.41) is 2.69. The van der Waals surface area contributed by atoms with Crippen LogP contribution in [0.1, 0.15) is 34.7 Å². The van der Waals surface area contributed by atoms with Gasteiger partial charge in [-0.2, -0.15) is 0 Å². The molecule has 7 heteroatoms. The third kappa shape index (κ3) is 3.82. The zero-order valence-electron chi connectivity index (χ0n) is 19.0. The van der Waals surface area contributed by atoms with Crippen LogP contribution >= 0.6 is 0 Å². The molecule has 0 aliphatic heterocycles. The molecule has 6 rings (SSSR count). The van der Waals surface area contributed by atoms with Gasteiger partial charge >= 0.3 is 0 Å². The third-order valence-electron chi connectivity index (χ3n) is 6.51. The SMILES string of the molecule is O=C(Nc1ccccc1F)c1cc(-c2cccn3c(-c4cccc(F)c4F)ncc23)ccc1C1CC1. The van der Waals surface area contributed by atoms with Gasteiger partial charge in [-0.15, -0.1) is 0 Å². The Morgan fingerprint density at radius 3 is 2.47 bits per heavy atom. The number of nitrogens with zero attached hydrogens (tertiary/aromatic N) is 2. The molecule has 3 aromatic carbocycles. The molecule has 4 nitrogen and oxygen atoms in total. The molecule has 0 unspecified atom stereocenters. The second-order valence-electron chi connectivity index (χ2n) is 8.87. The summed E-state index contributed by atoms with van der Waals surface area (Å²) in [6, 6.07) is 19.4. The molecule has 0 bridgehead atoms. The lowest BCUT2D eigenvalue weighted by Gasteiger charge is -2.13. The lowest BCUT2D eigenvalue weighted by atomic mass is 9.96. The van der Waals surface area contributed by atoms with E-state index in [2.05, 4.69) is 10.3 Å². The molecule has 1 saturated carbocycles. The number of hydrogen-bond donors (Lipinski definition) is 1. The van der Waals surface area contributed by atoms with Gasteiger partial charge in [-0.05, 0) is 66.3 Å². The molecule has 1 amide bonds. The van der Waals surface area contributed by atoms with Crippen LogP contribution < -0.4 is 5.32 Å². The number of aromatic nitrogens is 2. The number of pyridine rings is 1. The van der Waals surface area contributed by atoms with E-state index >= 15 is 0 Å². The number of imidazole rings is 1. The monoisotopic (exact) mass is 483 g/mol. The Kier molecular flexibility index (Phi) is 5.33. The zero-order valence-corrected chi connectivity index (χ0v) is 19.0. The maximum absolute atomic E-state index is 14.5. The smallest absolute Gasteiger partial charge is 0.256 e. The van der Waals surface area contributed by atoms with Crippen LogP contribution in [0, 0.1) is 17.5 Å². The third-order valence-corrected chi connectivity index (χ3v) is 6.51. The molecule has 178 valence electrons. The average molecular weight is 483 g/mol. The van der Waals surface area contributed by atoms with Gasteiger partial charge in [-0.3, -0.25) is 9.20 Å². The van der Waals surface area contributed by atoms with Crippen molar-refractivity contribution >= 4 is 17.1 Å². The van der Waals surface area contributed by atoms with Crippen molar-refractivity contribution in [1.29, 1.82) is 0 Å². The fraction of sp³-hybridized carbons (Fsp3) is 0.103. The summed E-state index contributed by atoms with van der Waals surface area (Å²) in [6.07, 6.45) is 5.33. The van der Waals surface area contributed by atoms with Crippen molar-refractivity contribution in [3.63, 3.8) is 0 Å². The molecule has 0 saturated heterocycles. The molecule has 0 atom stereocenters. The predicted molar refractivity (Wildman–Crippen MR) is 132 cm³/mol. The largest absolute Gasteiger partial charge is 0.319 e. The molecule has 1 aliphatic carbocycles. The van der Waals surface area contributed by atoms with Gasteiger partial charge in [0.05, 0.1) is 23.0 Å². The first-order valence-corrected chi connectivity index (χ1v) is 11.6. The maximum atomic E-state index is 14.5. The summed E-state index contributed by atoms with van der Waals surface area (Å²) in [5.74, 6) is -2.22. The van der Waals surface area contributed by atoms with Gasteiger partial charge in [0.25, 0.3) is 5.91 Å². The number of anilines is 1. The van der Waals surface area contributed by atoms with E-state index < -0.39 is 17.5 Å². The van der Waals surface area contributed by atoms with E-state index in [1.165, 1.54) is 24.3 Å². The molecule has 36 heavy (non-hydrogen) atoms. The maximum Gasteiger partial charge on any atom is 0.256 e. The fourth-order valence-corrected chi connectivity index (χ4v) is 4.56. The number of carbonyl (C=O) groups is 1. The Balaban J connectivity index is 1.44. The highest BCUT2D eigenvalue weighted by atomic mass is 19.2. The number of amides is 1. The predicted octanol–water partition coefficient (Wildman–Crippen LogP) is 7.22. The van der Waals surface area contributed by atoms with Gasteiger partial charge < -0.3 is 5.32 Å². The first-order valence-electron chi connectivity index (χ1n) is 11.6. The van der Waals surface area contributed by atoms with Crippen LogP contribution in [-0.2, 0) is 0 Å². The molecule has 5 aromatic rings. The number of hydrogen-bond acceptors (Lipinski definition) is 2. The van der Waals surface area contributed by atoms with E-state index in [4.69, 9.17) is 0 Å². The van der Waals surface area contributed by atoms with Gasteiger partial charge in [0.2, 0.25) is 0 Å². The number of benzene rings is 3. The Hall–Kier alpha value is -4.39. The minimum Gasteiger partial charge on any atom is -0.319 e. The van der Waals surface area contributed by atoms with E-state index in [-0.39, 0.29) is 23.0 Å². The molecule has 1 N–H and O–H groups in total. The normalized spacial score (nSPS) is 13.2. The highest BCUT2D eigenvalue weighted by Gasteiger charge is 2.29. The van der Waals surface area contributed by atoms with E-state index in [9.17, 15) is 18.0 Å². The average Bonchev–Trinajstić information content (AvgIpc) is 3.65. The molecule has 2 heterocycles. The fourth-order valence-electron chi connectivity index (χ4n) is 4.56. The Morgan fingerprint density at radius 1 is 0.889 bits per heavy atom. The first-order chi connectivity index (χ1) is 17.5. The van der Waals surface area contributed by atoms with Crippen molar-refractivity contribution in [2.45, 2.75) is 18.8 Å². The van der Waals surface area contributed by atoms with Gasteiger partial charge in [0, 0.05) is 17.3 Å². The van der Waals surface area contributed by atoms with E-state index in [1.54, 1.807) is 41.1 Å². The van der Waals surface area contributed by atoms with Crippen molar-refractivity contribution in [2.24, 2.45) is 0 Å². The van der Waals surface area contributed by atoms with Crippen LogP contribution in [0.3, 0.4) is 0 Å². The Labute approximate surface area is 205 Å². The summed E-state index contributed by atoms with van der Waals surface area (Å²) >= 11 is 0. The number of halogens is 3.